The van der Waals surface area contributed by atoms with E-state index in [2.05, 4.69) is 15.9 Å². The normalized spacial score (nSPS) is 18.9. The number of amides is 1. The van der Waals surface area contributed by atoms with Gasteiger partial charge in [-0.25, -0.2) is 4.39 Å². The van der Waals surface area contributed by atoms with Crippen LogP contribution in [0, 0.1) is 5.82 Å². The van der Waals surface area contributed by atoms with Gasteiger partial charge in [0.15, 0.2) is 0 Å². The van der Waals surface area contributed by atoms with Crippen LogP contribution in [0.3, 0.4) is 0 Å². The Morgan fingerprint density at radius 3 is 3.00 bits per heavy atom. The van der Waals surface area contributed by atoms with E-state index in [-0.39, 0.29) is 24.4 Å². The van der Waals surface area contributed by atoms with Gasteiger partial charge < -0.3 is 10.0 Å². The minimum absolute atomic E-state index is 0.0545. The monoisotopic (exact) mass is 329 g/mol. The maximum Gasteiger partial charge on any atom is 0.254 e. The van der Waals surface area contributed by atoms with E-state index in [1.165, 1.54) is 18.2 Å². The number of hydrogen-bond acceptors (Lipinski definition) is 2. The quantitative estimate of drug-likeness (QED) is 0.922. The Morgan fingerprint density at radius 1 is 1.53 bits per heavy atom. The molecule has 5 heteroatoms. The predicted octanol–water partition coefficient (Wildman–Crippen LogP) is 2.97. The van der Waals surface area contributed by atoms with Gasteiger partial charge in [0.25, 0.3) is 5.91 Å². The van der Waals surface area contributed by atoms with Crippen LogP contribution in [-0.4, -0.2) is 35.1 Å². The number of nitrogens with zero attached hydrogens (tertiary/aromatic N) is 1. The van der Waals surface area contributed by atoms with Gasteiger partial charge in [0.1, 0.15) is 5.82 Å². The van der Waals surface area contributed by atoms with Crippen molar-refractivity contribution < 1.29 is 14.3 Å². The summed E-state index contributed by atoms with van der Waals surface area (Å²) in [6.07, 6.45) is 3.50. The maximum atomic E-state index is 13.2. The number of aliphatic hydroxyl groups is 1. The summed E-state index contributed by atoms with van der Waals surface area (Å²) in [5.41, 5.74) is 0.504. The van der Waals surface area contributed by atoms with E-state index >= 15 is 0 Å². The number of aliphatic hydroxyl groups excluding tert-OH is 1. The lowest BCUT2D eigenvalue weighted by Gasteiger charge is -2.24. The second-order valence-corrected chi connectivity index (χ2v) is 5.64. The number of rotatable bonds is 4. The van der Waals surface area contributed by atoms with Crippen molar-refractivity contribution in [2.45, 2.75) is 31.7 Å². The van der Waals surface area contributed by atoms with Crippen LogP contribution in [0.15, 0.2) is 22.7 Å². The lowest BCUT2D eigenvalue weighted by Crippen LogP contribution is -2.35. The summed E-state index contributed by atoms with van der Waals surface area (Å²) < 4.78 is 13.5. The highest BCUT2D eigenvalue weighted by Gasteiger charge is 2.29. The molecule has 1 aromatic carbocycles. The highest BCUT2D eigenvalue weighted by molar-refractivity contribution is 9.10. The van der Waals surface area contributed by atoms with Crippen LogP contribution in [0.2, 0.25) is 0 Å². The first-order chi connectivity index (χ1) is 9.13. The van der Waals surface area contributed by atoms with Crippen molar-refractivity contribution in [2.24, 2.45) is 0 Å². The Balaban J connectivity index is 2.11. The van der Waals surface area contributed by atoms with Crippen LogP contribution < -0.4 is 0 Å². The van der Waals surface area contributed by atoms with Crippen molar-refractivity contribution in [3.05, 3.63) is 34.1 Å². The molecule has 19 heavy (non-hydrogen) atoms. The van der Waals surface area contributed by atoms with Gasteiger partial charge in [-0.05, 0) is 59.8 Å². The Labute approximate surface area is 120 Å². The first kappa shape index (κ1) is 14.5. The van der Waals surface area contributed by atoms with Gasteiger partial charge in [-0.1, -0.05) is 0 Å². The molecule has 2 rings (SSSR count). The lowest BCUT2D eigenvalue weighted by molar-refractivity contribution is 0.0724. The molecule has 1 atom stereocenters. The van der Waals surface area contributed by atoms with E-state index in [1.807, 2.05) is 4.90 Å². The average molecular weight is 330 g/mol. The predicted molar refractivity (Wildman–Crippen MR) is 74.5 cm³/mol. The lowest BCUT2D eigenvalue weighted by atomic mass is 10.1. The number of carbonyl (C=O) groups excluding carboxylic acids is 1. The van der Waals surface area contributed by atoms with E-state index in [0.29, 0.717) is 16.5 Å². The van der Waals surface area contributed by atoms with Crippen LogP contribution in [0.25, 0.3) is 0 Å². The van der Waals surface area contributed by atoms with Crippen molar-refractivity contribution >= 4 is 21.8 Å². The first-order valence-corrected chi connectivity index (χ1v) is 7.29. The topological polar surface area (TPSA) is 40.5 Å². The van der Waals surface area contributed by atoms with Crippen LogP contribution in [0.5, 0.6) is 0 Å². The Kier molecular flexibility index (Phi) is 4.93. The summed E-state index contributed by atoms with van der Waals surface area (Å²) in [4.78, 5) is 14.2. The van der Waals surface area contributed by atoms with Gasteiger partial charge in [0.2, 0.25) is 0 Å². The standard InChI is InChI=1S/C14H17BrFNO2/c15-12-9-10(5-6-13(12)16)14(19)17-7-1-3-11(17)4-2-8-18/h5-6,9,11,18H,1-4,7-8H2. The van der Waals surface area contributed by atoms with E-state index < -0.39 is 0 Å². The third kappa shape index (κ3) is 3.34. The van der Waals surface area contributed by atoms with Crippen molar-refractivity contribution in [3.8, 4) is 0 Å². The summed E-state index contributed by atoms with van der Waals surface area (Å²) in [6.45, 7) is 0.893. The molecule has 1 unspecified atom stereocenters. The van der Waals surface area contributed by atoms with E-state index in [1.54, 1.807) is 0 Å². The molecule has 0 aromatic heterocycles. The second kappa shape index (κ2) is 6.48. The zero-order valence-electron chi connectivity index (χ0n) is 10.6. The molecule has 0 aliphatic carbocycles. The van der Waals surface area contributed by atoms with Crippen LogP contribution in [-0.2, 0) is 0 Å². The average Bonchev–Trinajstić information content (AvgIpc) is 2.87. The van der Waals surface area contributed by atoms with E-state index in [4.69, 9.17) is 5.11 Å². The highest BCUT2D eigenvalue weighted by atomic mass is 79.9. The molecule has 1 amide bonds. The van der Waals surface area contributed by atoms with E-state index in [9.17, 15) is 9.18 Å². The summed E-state index contributed by atoms with van der Waals surface area (Å²) >= 11 is 3.10. The molecule has 1 aliphatic rings. The van der Waals surface area contributed by atoms with Crippen molar-refractivity contribution in [1.29, 1.82) is 0 Å². The van der Waals surface area contributed by atoms with Gasteiger partial charge in [-0.3, -0.25) is 4.79 Å². The van der Waals surface area contributed by atoms with Crippen LogP contribution in [0.4, 0.5) is 4.39 Å². The Hall–Kier alpha value is -0.940. The maximum absolute atomic E-state index is 13.2. The molecule has 104 valence electrons. The molecule has 0 radical (unpaired) electrons. The summed E-state index contributed by atoms with van der Waals surface area (Å²) in [5.74, 6) is -0.420. The molecule has 1 heterocycles. The van der Waals surface area contributed by atoms with Crippen LogP contribution >= 0.6 is 15.9 Å². The SMILES string of the molecule is O=C(c1ccc(F)c(Br)c1)N1CCCC1CCCO. The third-order valence-corrected chi connectivity index (χ3v) is 4.11. The number of hydrogen-bond donors (Lipinski definition) is 1. The number of likely N-dealkylation sites (tertiary alicyclic amines) is 1. The van der Waals surface area contributed by atoms with Gasteiger partial charge in [0.05, 0.1) is 4.47 Å². The van der Waals surface area contributed by atoms with Gasteiger partial charge in [-0.15, -0.1) is 0 Å². The largest absolute Gasteiger partial charge is 0.396 e. The zero-order chi connectivity index (χ0) is 13.8. The smallest absolute Gasteiger partial charge is 0.254 e. The summed E-state index contributed by atoms with van der Waals surface area (Å²) in [5, 5.41) is 8.88. The molecule has 0 spiro atoms. The fraction of sp³-hybridized carbons (Fsp3) is 0.500. The molecule has 0 bridgehead atoms. The zero-order valence-corrected chi connectivity index (χ0v) is 12.2. The molecule has 0 saturated carbocycles. The fourth-order valence-corrected chi connectivity index (χ4v) is 2.90. The summed E-state index contributed by atoms with van der Waals surface area (Å²) in [7, 11) is 0. The third-order valence-electron chi connectivity index (χ3n) is 3.50. The minimum Gasteiger partial charge on any atom is -0.396 e. The number of halogens is 2. The van der Waals surface area contributed by atoms with Crippen molar-refractivity contribution in [2.75, 3.05) is 13.2 Å². The molecule has 1 aliphatic heterocycles. The van der Waals surface area contributed by atoms with Crippen molar-refractivity contribution in [3.63, 3.8) is 0 Å². The molecular weight excluding hydrogens is 313 g/mol. The van der Waals surface area contributed by atoms with Gasteiger partial charge in [-0.2, -0.15) is 0 Å². The molecule has 1 fully saturated rings. The fourth-order valence-electron chi connectivity index (χ4n) is 2.53. The van der Waals surface area contributed by atoms with Crippen LogP contribution in [0.1, 0.15) is 36.0 Å². The number of benzene rings is 1. The molecule has 1 aromatic rings. The molecule has 1 N–H and O–H groups in total. The van der Waals surface area contributed by atoms with Gasteiger partial charge in [0, 0.05) is 24.8 Å². The van der Waals surface area contributed by atoms with E-state index in [0.717, 1.165) is 25.8 Å². The van der Waals surface area contributed by atoms with Gasteiger partial charge >= 0.3 is 0 Å². The minimum atomic E-state index is -0.366. The first-order valence-electron chi connectivity index (χ1n) is 6.50. The highest BCUT2D eigenvalue weighted by Crippen LogP contribution is 2.25. The molecular formula is C14H17BrFNO2. The Bertz CT molecular complexity index is 467. The molecule has 1 saturated heterocycles. The second-order valence-electron chi connectivity index (χ2n) is 4.79. The summed E-state index contributed by atoms with van der Waals surface area (Å²) in [6, 6.07) is 4.54. The Morgan fingerprint density at radius 2 is 2.32 bits per heavy atom. The van der Waals surface area contributed by atoms with Crippen molar-refractivity contribution in [1.82, 2.24) is 4.90 Å². The molecule has 3 nitrogen and oxygen atoms in total. The number of carbonyl (C=O) groups is 1.